The van der Waals surface area contributed by atoms with E-state index in [0.29, 0.717) is 31.5 Å². The first-order valence-corrected chi connectivity index (χ1v) is 13.2. The van der Waals surface area contributed by atoms with Gasteiger partial charge < -0.3 is 25.3 Å². The van der Waals surface area contributed by atoms with Gasteiger partial charge in [0.15, 0.2) is 0 Å². The van der Waals surface area contributed by atoms with Gasteiger partial charge in [-0.05, 0) is 51.3 Å². The molecule has 1 aliphatic rings. The molecule has 3 amide bonds. The lowest BCUT2D eigenvalue weighted by Crippen LogP contribution is -2.55. The number of pyridine rings is 1. The van der Waals surface area contributed by atoms with Crippen LogP contribution in [0.3, 0.4) is 0 Å². The van der Waals surface area contributed by atoms with Gasteiger partial charge in [-0.25, -0.2) is 9.78 Å². The summed E-state index contributed by atoms with van der Waals surface area (Å²) in [6.45, 7) is 5.69. The number of carbonyl (C=O) groups excluding carboxylic acids is 3. The number of alkyl carbamates (subject to hydrolysis) is 1. The molecule has 1 saturated heterocycles. The SMILES string of the molecule is CC(C)(C)OC(=O)NC(Cc1cnc[nH]1)C(=O)N1CCC[C@H]1C(=O)NC(Cc1ccccn1)c1ccccc1. The van der Waals surface area contributed by atoms with Gasteiger partial charge in [-0.3, -0.25) is 14.6 Å². The van der Waals surface area contributed by atoms with Gasteiger partial charge >= 0.3 is 6.09 Å². The van der Waals surface area contributed by atoms with Gasteiger partial charge in [0.25, 0.3) is 0 Å². The maximum Gasteiger partial charge on any atom is 0.408 e. The van der Waals surface area contributed by atoms with Crippen LogP contribution >= 0.6 is 0 Å². The number of hydrogen-bond donors (Lipinski definition) is 3. The number of rotatable bonds is 9. The minimum atomic E-state index is -0.924. The minimum Gasteiger partial charge on any atom is -0.444 e. The number of H-pyrrole nitrogens is 1. The molecule has 4 rings (SSSR count). The molecule has 3 N–H and O–H groups in total. The molecule has 3 aromatic rings. The van der Waals surface area contributed by atoms with Crippen LogP contribution in [0, 0.1) is 0 Å². The maximum absolute atomic E-state index is 13.8. The van der Waals surface area contributed by atoms with Gasteiger partial charge in [0.05, 0.1) is 12.4 Å². The van der Waals surface area contributed by atoms with Crippen LogP contribution in [0.15, 0.2) is 67.3 Å². The second kappa shape index (κ2) is 12.6. The summed E-state index contributed by atoms with van der Waals surface area (Å²) in [7, 11) is 0. The van der Waals surface area contributed by atoms with Crippen LogP contribution in [0.5, 0.6) is 0 Å². The third-order valence-corrected chi connectivity index (χ3v) is 6.46. The topological polar surface area (TPSA) is 129 Å². The van der Waals surface area contributed by atoms with Crippen LogP contribution in [0.4, 0.5) is 4.79 Å². The Bertz CT molecular complexity index is 1230. The molecular weight excluding hydrogens is 496 g/mol. The van der Waals surface area contributed by atoms with Crippen molar-refractivity contribution in [3.8, 4) is 0 Å². The van der Waals surface area contributed by atoms with Crippen molar-refractivity contribution in [2.75, 3.05) is 6.54 Å². The third kappa shape index (κ3) is 7.89. The molecule has 3 heterocycles. The molecule has 2 unspecified atom stereocenters. The van der Waals surface area contributed by atoms with Crippen molar-refractivity contribution in [3.05, 3.63) is 84.2 Å². The van der Waals surface area contributed by atoms with Gasteiger partial charge in [-0.15, -0.1) is 0 Å². The van der Waals surface area contributed by atoms with E-state index in [9.17, 15) is 14.4 Å². The Morgan fingerprint density at radius 2 is 1.85 bits per heavy atom. The van der Waals surface area contributed by atoms with Crippen LogP contribution in [-0.2, 0) is 27.2 Å². The van der Waals surface area contributed by atoms with Crippen molar-refractivity contribution < 1.29 is 19.1 Å². The number of aromatic nitrogens is 3. The van der Waals surface area contributed by atoms with Gasteiger partial charge in [-0.1, -0.05) is 36.4 Å². The zero-order valence-corrected chi connectivity index (χ0v) is 22.6. The summed E-state index contributed by atoms with van der Waals surface area (Å²) in [6.07, 6.45) is 6.08. The molecule has 0 bridgehead atoms. The molecule has 0 spiro atoms. The Balaban J connectivity index is 1.50. The largest absolute Gasteiger partial charge is 0.444 e. The van der Waals surface area contributed by atoms with Crippen molar-refractivity contribution in [1.82, 2.24) is 30.5 Å². The van der Waals surface area contributed by atoms with Crippen molar-refractivity contribution in [1.29, 1.82) is 0 Å². The highest BCUT2D eigenvalue weighted by atomic mass is 16.6. The Morgan fingerprint density at radius 1 is 1.08 bits per heavy atom. The first-order chi connectivity index (χ1) is 18.7. The molecule has 1 aromatic carbocycles. The fourth-order valence-electron chi connectivity index (χ4n) is 4.70. The summed E-state index contributed by atoms with van der Waals surface area (Å²) in [5.41, 5.74) is 1.77. The fraction of sp³-hybridized carbons (Fsp3) is 0.414. The van der Waals surface area contributed by atoms with E-state index in [0.717, 1.165) is 11.3 Å². The number of hydrogen-bond acceptors (Lipinski definition) is 6. The smallest absolute Gasteiger partial charge is 0.408 e. The van der Waals surface area contributed by atoms with Gasteiger partial charge in [0, 0.05) is 43.2 Å². The van der Waals surface area contributed by atoms with Crippen molar-refractivity contribution >= 4 is 17.9 Å². The normalized spacial score (nSPS) is 16.8. The van der Waals surface area contributed by atoms with Gasteiger partial charge in [-0.2, -0.15) is 0 Å². The summed E-state index contributed by atoms with van der Waals surface area (Å²) in [4.78, 5) is 53.0. The average Bonchev–Trinajstić information content (AvgIpc) is 3.60. The molecule has 1 aliphatic heterocycles. The first kappa shape index (κ1) is 27.8. The number of nitrogens with one attached hydrogen (secondary N) is 3. The number of carbonyl (C=O) groups is 3. The second-order valence-electron chi connectivity index (χ2n) is 10.7. The molecule has 0 radical (unpaired) electrons. The summed E-state index contributed by atoms with van der Waals surface area (Å²) in [6, 6.07) is 13.5. The highest BCUT2D eigenvalue weighted by Gasteiger charge is 2.39. The summed E-state index contributed by atoms with van der Waals surface area (Å²) in [5, 5.41) is 5.87. The van der Waals surface area contributed by atoms with E-state index in [-0.39, 0.29) is 24.3 Å². The van der Waals surface area contributed by atoms with E-state index < -0.39 is 23.8 Å². The predicted molar refractivity (Wildman–Crippen MR) is 145 cm³/mol. The van der Waals surface area contributed by atoms with Crippen LogP contribution in [0.1, 0.15) is 56.6 Å². The Labute approximate surface area is 228 Å². The number of likely N-dealkylation sites (tertiary alicyclic amines) is 1. The molecule has 39 heavy (non-hydrogen) atoms. The standard InChI is InChI=1S/C29H36N6O4/c1-29(2,3)39-28(38)34-24(17-22-18-30-19-32-22)27(37)35-15-9-13-25(35)26(36)33-23(20-10-5-4-6-11-20)16-21-12-7-8-14-31-21/h4-8,10-12,14,18-19,23-25H,9,13,15-17H2,1-3H3,(H,30,32)(H,33,36)(H,34,38)/t23?,24?,25-/m0/s1. The lowest BCUT2D eigenvalue weighted by molar-refractivity contribution is -0.140. The highest BCUT2D eigenvalue weighted by molar-refractivity contribution is 5.92. The van der Waals surface area contributed by atoms with Gasteiger partial charge in [0.1, 0.15) is 17.7 Å². The van der Waals surface area contributed by atoms with Crippen LogP contribution in [0.25, 0.3) is 0 Å². The number of benzene rings is 1. The Hall–Kier alpha value is -4.21. The summed E-state index contributed by atoms with van der Waals surface area (Å²) in [5.74, 6) is -0.572. The zero-order chi connectivity index (χ0) is 27.8. The van der Waals surface area contributed by atoms with E-state index in [4.69, 9.17) is 4.74 Å². The van der Waals surface area contributed by atoms with Crippen LogP contribution in [-0.4, -0.2) is 62.0 Å². The number of imidazole rings is 1. The van der Waals surface area contributed by atoms with E-state index >= 15 is 0 Å². The predicted octanol–water partition coefficient (Wildman–Crippen LogP) is 3.33. The monoisotopic (exact) mass is 532 g/mol. The quantitative estimate of drug-likeness (QED) is 0.388. The number of aromatic amines is 1. The van der Waals surface area contributed by atoms with Crippen molar-refractivity contribution in [3.63, 3.8) is 0 Å². The van der Waals surface area contributed by atoms with Crippen LogP contribution < -0.4 is 10.6 Å². The third-order valence-electron chi connectivity index (χ3n) is 6.46. The molecule has 10 nitrogen and oxygen atoms in total. The average molecular weight is 533 g/mol. The van der Waals surface area contributed by atoms with E-state index in [1.165, 1.54) is 6.33 Å². The molecule has 206 valence electrons. The zero-order valence-electron chi connectivity index (χ0n) is 22.6. The number of nitrogens with zero attached hydrogens (tertiary/aromatic N) is 3. The summed E-state index contributed by atoms with van der Waals surface area (Å²) >= 11 is 0. The lowest BCUT2D eigenvalue weighted by Gasteiger charge is -2.30. The second-order valence-corrected chi connectivity index (χ2v) is 10.7. The molecule has 0 aliphatic carbocycles. The molecule has 10 heteroatoms. The molecule has 1 fully saturated rings. The Morgan fingerprint density at radius 3 is 2.51 bits per heavy atom. The summed E-state index contributed by atoms with van der Waals surface area (Å²) < 4.78 is 5.40. The minimum absolute atomic E-state index is 0.190. The van der Waals surface area contributed by atoms with Crippen molar-refractivity contribution in [2.45, 2.75) is 70.2 Å². The number of amides is 3. The van der Waals surface area contributed by atoms with E-state index in [2.05, 4.69) is 25.6 Å². The molecule has 0 saturated carbocycles. The van der Waals surface area contributed by atoms with E-state index in [1.54, 1.807) is 38.1 Å². The maximum atomic E-state index is 13.8. The van der Waals surface area contributed by atoms with Gasteiger partial charge in [0.2, 0.25) is 11.8 Å². The molecule has 2 aromatic heterocycles. The first-order valence-electron chi connectivity index (χ1n) is 13.2. The molecule has 3 atom stereocenters. The molecular formula is C29H36N6O4. The van der Waals surface area contributed by atoms with E-state index in [1.807, 2.05) is 48.5 Å². The fourth-order valence-corrected chi connectivity index (χ4v) is 4.70. The lowest BCUT2D eigenvalue weighted by atomic mass is 10.0. The van der Waals surface area contributed by atoms with Crippen LogP contribution in [0.2, 0.25) is 0 Å². The van der Waals surface area contributed by atoms with Crippen molar-refractivity contribution in [2.24, 2.45) is 0 Å². The number of ether oxygens (including phenoxy) is 1. The highest BCUT2D eigenvalue weighted by Crippen LogP contribution is 2.23. The Kier molecular flexibility index (Phi) is 8.96.